The first kappa shape index (κ1) is 43.8. The van der Waals surface area contributed by atoms with Crippen LogP contribution in [0.4, 0.5) is 0 Å². The average molecular weight is 881 g/mol. The van der Waals surface area contributed by atoms with Crippen LogP contribution in [0.15, 0.2) is 170 Å². The summed E-state index contributed by atoms with van der Waals surface area (Å²) in [6.45, 7) is 28.4. The van der Waals surface area contributed by atoms with Crippen molar-refractivity contribution in [1.29, 1.82) is 0 Å². The van der Waals surface area contributed by atoms with Gasteiger partial charge in [0.1, 0.15) is 0 Å². The van der Waals surface area contributed by atoms with E-state index in [1.54, 1.807) is 0 Å². The summed E-state index contributed by atoms with van der Waals surface area (Å²) in [4.78, 5) is 0. The molecule has 0 N–H and O–H groups in total. The van der Waals surface area contributed by atoms with Gasteiger partial charge in [-0.25, -0.2) is 0 Å². The minimum Gasteiger partial charge on any atom is -0.0622 e. The van der Waals surface area contributed by atoms with E-state index in [4.69, 9.17) is 0 Å². The Bertz CT molecular complexity index is 3600. The Hall–Kier alpha value is -6.76. The van der Waals surface area contributed by atoms with Crippen molar-refractivity contribution in [3.8, 4) is 66.8 Å². The van der Waals surface area contributed by atoms with Crippen LogP contribution in [-0.4, -0.2) is 0 Å². The highest BCUT2D eigenvalue weighted by atomic mass is 14.4. The molecule has 68 heavy (non-hydrogen) atoms. The Balaban J connectivity index is 1.44. The number of fused-ring (bicyclic) bond motifs is 8. The van der Waals surface area contributed by atoms with E-state index in [1.807, 2.05) is 0 Å². The van der Waals surface area contributed by atoms with Gasteiger partial charge < -0.3 is 0 Å². The molecule has 1 aliphatic carbocycles. The molecule has 0 radical (unpaired) electrons. The van der Waals surface area contributed by atoms with E-state index >= 15 is 0 Å². The third kappa shape index (κ3) is 7.18. The SMILES string of the molecule is CC(C)(C)c1cc(-c2c3c(c(-c4cc(C(C)(C)C)cc(C(C)(C)C)c4)c4cc(-c5ccccc5)c(-c5ccccc5)cc24)-c2cc4c5ccccc5ccc4c4cccc-3c24)cc(C(C)(C)C)c1. The summed E-state index contributed by atoms with van der Waals surface area (Å²) in [5.74, 6) is 0. The van der Waals surface area contributed by atoms with Gasteiger partial charge in [-0.05, 0) is 172 Å². The lowest BCUT2D eigenvalue weighted by atomic mass is 9.75. The van der Waals surface area contributed by atoms with Crippen molar-refractivity contribution in [3.63, 3.8) is 0 Å². The first-order valence-electron chi connectivity index (χ1n) is 24.7. The van der Waals surface area contributed by atoms with Gasteiger partial charge in [-0.1, -0.05) is 235 Å². The quantitative estimate of drug-likeness (QED) is 0.155. The van der Waals surface area contributed by atoms with E-state index < -0.39 is 0 Å². The van der Waals surface area contributed by atoms with Gasteiger partial charge >= 0.3 is 0 Å². The molecule has 336 valence electrons. The Labute approximate surface area is 404 Å². The topological polar surface area (TPSA) is 0 Å². The van der Waals surface area contributed by atoms with Crippen LogP contribution < -0.4 is 0 Å². The first-order valence-corrected chi connectivity index (χ1v) is 24.7. The fourth-order valence-corrected chi connectivity index (χ4v) is 11.0. The number of rotatable bonds is 4. The van der Waals surface area contributed by atoms with Gasteiger partial charge in [0, 0.05) is 0 Å². The second kappa shape index (κ2) is 15.4. The Morgan fingerprint density at radius 2 is 0.647 bits per heavy atom. The summed E-state index contributed by atoms with van der Waals surface area (Å²) in [7, 11) is 0. The van der Waals surface area contributed by atoms with Gasteiger partial charge in [-0.3, -0.25) is 0 Å². The van der Waals surface area contributed by atoms with E-state index in [0.717, 1.165) is 0 Å². The van der Waals surface area contributed by atoms with E-state index in [0.29, 0.717) is 0 Å². The van der Waals surface area contributed by atoms with E-state index in [2.05, 4.69) is 253 Å². The zero-order valence-electron chi connectivity index (χ0n) is 42.2. The maximum absolute atomic E-state index is 2.57. The fourth-order valence-electron chi connectivity index (χ4n) is 11.0. The average Bonchev–Trinajstić information content (AvgIpc) is 3.63. The zero-order chi connectivity index (χ0) is 47.7. The van der Waals surface area contributed by atoms with Crippen LogP contribution in [0.1, 0.15) is 105 Å². The molecule has 0 unspecified atom stereocenters. The molecule has 10 aromatic carbocycles. The Morgan fingerprint density at radius 3 is 1.12 bits per heavy atom. The van der Waals surface area contributed by atoms with Gasteiger partial charge in [-0.15, -0.1) is 0 Å². The van der Waals surface area contributed by atoms with Gasteiger partial charge in [0.2, 0.25) is 0 Å². The molecule has 0 amide bonds. The van der Waals surface area contributed by atoms with E-state index in [9.17, 15) is 0 Å². The summed E-state index contributed by atoms with van der Waals surface area (Å²) >= 11 is 0. The molecule has 0 heteroatoms. The second-order valence-electron chi connectivity index (χ2n) is 23.8. The molecule has 0 spiro atoms. The minimum absolute atomic E-state index is 0.0664. The van der Waals surface area contributed by atoms with Crippen LogP contribution >= 0.6 is 0 Å². The lowest BCUT2D eigenvalue weighted by Gasteiger charge is -2.29. The largest absolute Gasteiger partial charge is 0.0622 e. The van der Waals surface area contributed by atoms with Crippen molar-refractivity contribution in [2.45, 2.75) is 105 Å². The summed E-state index contributed by atoms with van der Waals surface area (Å²) in [6, 6.07) is 65.7. The highest BCUT2D eigenvalue weighted by Gasteiger charge is 2.34. The molecule has 0 saturated heterocycles. The molecule has 0 heterocycles. The van der Waals surface area contributed by atoms with E-state index in [1.165, 1.54) is 132 Å². The molecule has 0 bridgehead atoms. The molecular formula is C68H64. The molecule has 1 aliphatic rings. The monoisotopic (exact) mass is 881 g/mol. The molecule has 0 atom stereocenters. The van der Waals surface area contributed by atoms with Crippen molar-refractivity contribution in [2.75, 3.05) is 0 Å². The maximum atomic E-state index is 2.57. The molecule has 0 aromatic heterocycles. The molecule has 0 fully saturated rings. The van der Waals surface area contributed by atoms with Gasteiger partial charge in [-0.2, -0.15) is 0 Å². The van der Waals surface area contributed by atoms with Crippen molar-refractivity contribution < 1.29 is 0 Å². The van der Waals surface area contributed by atoms with Crippen LogP contribution in [0.5, 0.6) is 0 Å². The van der Waals surface area contributed by atoms with Gasteiger partial charge in [0.25, 0.3) is 0 Å². The standard InChI is InChI=1S/C68H64/c1-65(2,3)46-32-44(33-47(36-46)66(4,5)6)60-57-38-54(41-22-15-13-16-23-41)55(42-24-17-14-18-25-42)39-58(57)61(45-34-48(67(7,8)9)37-49(35-45)68(10,11)12)64-59-40-56-50-27-20-19-26-43(50)30-31-51(56)52-28-21-29-53(62(52)59)63(60)64/h13-40H,1-12H3. The second-order valence-corrected chi connectivity index (χ2v) is 23.8. The third-order valence-electron chi connectivity index (χ3n) is 14.9. The summed E-state index contributed by atoms with van der Waals surface area (Å²) in [5.41, 5.74) is 20.5. The molecule has 0 nitrogen and oxygen atoms in total. The smallest absolute Gasteiger partial charge is 0.000718 e. The van der Waals surface area contributed by atoms with Crippen molar-refractivity contribution in [2.24, 2.45) is 0 Å². The molecule has 0 aliphatic heterocycles. The van der Waals surface area contributed by atoms with Crippen LogP contribution in [0.2, 0.25) is 0 Å². The fraction of sp³-hybridized carbons (Fsp3) is 0.235. The summed E-state index contributed by atoms with van der Waals surface area (Å²) < 4.78 is 0. The number of hydrogen-bond donors (Lipinski definition) is 0. The van der Waals surface area contributed by atoms with Crippen molar-refractivity contribution in [1.82, 2.24) is 0 Å². The number of hydrogen-bond acceptors (Lipinski definition) is 0. The predicted octanol–water partition coefficient (Wildman–Crippen LogP) is 19.8. The van der Waals surface area contributed by atoms with Crippen LogP contribution in [0.3, 0.4) is 0 Å². The number of benzene rings is 10. The molecule has 10 aromatic rings. The third-order valence-corrected chi connectivity index (χ3v) is 14.9. The van der Waals surface area contributed by atoms with E-state index in [-0.39, 0.29) is 21.7 Å². The van der Waals surface area contributed by atoms with Gasteiger partial charge in [0.05, 0.1) is 0 Å². The predicted molar refractivity (Wildman–Crippen MR) is 297 cm³/mol. The van der Waals surface area contributed by atoms with Crippen LogP contribution in [-0.2, 0) is 21.7 Å². The normalized spacial score (nSPS) is 13.0. The maximum Gasteiger partial charge on any atom is -0.000718 e. The summed E-state index contributed by atoms with van der Waals surface area (Å²) in [5, 5.41) is 10.4. The molecule has 0 saturated carbocycles. The lowest BCUT2D eigenvalue weighted by Crippen LogP contribution is -2.17. The zero-order valence-corrected chi connectivity index (χ0v) is 42.2. The van der Waals surface area contributed by atoms with Crippen LogP contribution in [0, 0.1) is 0 Å². The van der Waals surface area contributed by atoms with Crippen LogP contribution in [0.25, 0.3) is 110 Å². The minimum atomic E-state index is -0.0700. The van der Waals surface area contributed by atoms with Crippen molar-refractivity contribution >= 4 is 43.1 Å². The van der Waals surface area contributed by atoms with Crippen molar-refractivity contribution in [3.05, 3.63) is 192 Å². The first-order chi connectivity index (χ1) is 32.3. The highest BCUT2D eigenvalue weighted by Crippen LogP contribution is 2.60. The highest BCUT2D eigenvalue weighted by molar-refractivity contribution is 6.33. The summed E-state index contributed by atoms with van der Waals surface area (Å²) in [6.07, 6.45) is 0. The molecular weight excluding hydrogens is 817 g/mol. The lowest BCUT2D eigenvalue weighted by molar-refractivity contribution is 0.568. The Morgan fingerprint density at radius 1 is 0.235 bits per heavy atom. The van der Waals surface area contributed by atoms with Gasteiger partial charge in [0.15, 0.2) is 0 Å². The Kier molecular flexibility index (Phi) is 9.90. The molecule has 11 rings (SSSR count).